The highest BCUT2D eigenvalue weighted by Gasteiger charge is 2.24. The third kappa shape index (κ3) is 2.49. The van der Waals surface area contributed by atoms with Crippen LogP contribution < -0.4 is 5.73 Å². The van der Waals surface area contributed by atoms with Gasteiger partial charge in [-0.2, -0.15) is 0 Å². The number of nitrogen functional groups attached to an aromatic ring is 1. The van der Waals surface area contributed by atoms with Crippen LogP contribution in [0.5, 0.6) is 0 Å². The first-order valence-corrected chi connectivity index (χ1v) is 5.48. The Morgan fingerprint density at radius 3 is 2.38 bits per heavy atom. The Hall–Kier alpha value is -1.17. The molecule has 0 aromatic carbocycles. The fourth-order valence-corrected chi connectivity index (χ4v) is 1.92. The van der Waals surface area contributed by atoms with Crippen molar-refractivity contribution in [3.63, 3.8) is 0 Å². The molecule has 0 radical (unpaired) electrons. The van der Waals surface area contributed by atoms with Gasteiger partial charge >= 0.3 is 5.97 Å². The van der Waals surface area contributed by atoms with E-state index in [2.05, 4.69) is 30.6 Å². The summed E-state index contributed by atoms with van der Waals surface area (Å²) in [5.74, 6) is -0.377. The van der Waals surface area contributed by atoms with Crippen molar-refractivity contribution in [2.75, 3.05) is 12.8 Å². The first-order chi connectivity index (χ1) is 7.27. The maximum absolute atomic E-state index is 11.3. The maximum atomic E-state index is 11.3. The first-order valence-electron chi connectivity index (χ1n) is 4.69. The van der Waals surface area contributed by atoms with Gasteiger partial charge in [-0.15, -0.1) is 0 Å². The van der Waals surface area contributed by atoms with Crippen LogP contribution in [0.4, 0.5) is 5.82 Å². The molecule has 0 fully saturated rings. The number of hydrogen-bond acceptors (Lipinski definition) is 5. The van der Waals surface area contributed by atoms with Crippen molar-refractivity contribution in [3.8, 4) is 0 Å². The Balaban J connectivity index is 3.39. The van der Waals surface area contributed by atoms with Crippen LogP contribution in [0.3, 0.4) is 0 Å². The molecule has 0 unspecified atom stereocenters. The van der Waals surface area contributed by atoms with E-state index < -0.39 is 5.97 Å². The molecule has 0 spiro atoms. The monoisotopic (exact) mass is 287 g/mol. The molecule has 0 atom stereocenters. The van der Waals surface area contributed by atoms with E-state index in [0.29, 0.717) is 10.2 Å². The lowest BCUT2D eigenvalue weighted by molar-refractivity contribution is 0.0586. The van der Waals surface area contributed by atoms with Gasteiger partial charge in [-0.05, 0) is 15.9 Å². The van der Waals surface area contributed by atoms with Gasteiger partial charge in [0.15, 0.2) is 0 Å². The van der Waals surface area contributed by atoms with Crippen molar-refractivity contribution >= 4 is 27.7 Å². The van der Waals surface area contributed by atoms with E-state index in [1.54, 1.807) is 0 Å². The summed E-state index contributed by atoms with van der Waals surface area (Å²) in [7, 11) is 1.28. The zero-order valence-corrected chi connectivity index (χ0v) is 11.3. The summed E-state index contributed by atoms with van der Waals surface area (Å²) >= 11 is 3.32. The SMILES string of the molecule is COC(=O)c1nc(N)c(Br)c(C(C)(C)C)n1. The molecule has 6 heteroatoms. The van der Waals surface area contributed by atoms with Crippen molar-refractivity contribution in [2.24, 2.45) is 0 Å². The van der Waals surface area contributed by atoms with E-state index in [1.807, 2.05) is 20.8 Å². The normalized spacial score (nSPS) is 11.3. The molecule has 0 saturated carbocycles. The highest BCUT2D eigenvalue weighted by atomic mass is 79.9. The molecule has 0 aliphatic rings. The summed E-state index contributed by atoms with van der Waals surface area (Å²) in [4.78, 5) is 19.4. The second kappa shape index (κ2) is 4.37. The Labute approximate surface area is 103 Å². The number of rotatable bonds is 1. The molecule has 2 N–H and O–H groups in total. The average molecular weight is 288 g/mol. The number of carbonyl (C=O) groups excluding carboxylic acids is 1. The van der Waals surface area contributed by atoms with Gasteiger partial charge in [0.2, 0.25) is 5.82 Å². The van der Waals surface area contributed by atoms with Gasteiger partial charge in [0, 0.05) is 5.41 Å². The summed E-state index contributed by atoms with van der Waals surface area (Å²) in [6.45, 7) is 5.92. The van der Waals surface area contributed by atoms with E-state index in [0.717, 1.165) is 0 Å². The molecule has 1 rings (SSSR count). The van der Waals surface area contributed by atoms with Crippen molar-refractivity contribution in [2.45, 2.75) is 26.2 Å². The third-order valence-electron chi connectivity index (χ3n) is 1.96. The fourth-order valence-electron chi connectivity index (χ4n) is 1.14. The third-order valence-corrected chi connectivity index (χ3v) is 2.74. The molecule has 88 valence electrons. The van der Waals surface area contributed by atoms with Crippen molar-refractivity contribution in [3.05, 3.63) is 16.0 Å². The van der Waals surface area contributed by atoms with Gasteiger partial charge in [-0.3, -0.25) is 0 Å². The zero-order valence-electron chi connectivity index (χ0n) is 9.67. The van der Waals surface area contributed by atoms with Gasteiger partial charge in [0.05, 0.1) is 17.3 Å². The van der Waals surface area contributed by atoms with Crippen LogP contribution in [-0.2, 0) is 10.2 Å². The number of halogens is 1. The van der Waals surface area contributed by atoms with Gasteiger partial charge in [-0.1, -0.05) is 20.8 Å². The van der Waals surface area contributed by atoms with Crippen molar-refractivity contribution in [1.29, 1.82) is 0 Å². The van der Waals surface area contributed by atoms with Crippen LogP contribution >= 0.6 is 15.9 Å². The number of aromatic nitrogens is 2. The summed E-state index contributed by atoms with van der Waals surface area (Å²) < 4.78 is 5.18. The Morgan fingerprint density at radius 2 is 1.94 bits per heavy atom. The molecule has 1 aromatic rings. The molecule has 1 heterocycles. The number of nitrogens with zero attached hydrogens (tertiary/aromatic N) is 2. The van der Waals surface area contributed by atoms with Gasteiger partial charge in [-0.25, -0.2) is 14.8 Å². The number of anilines is 1. The summed E-state index contributed by atoms with van der Waals surface area (Å²) in [5.41, 5.74) is 6.15. The number of ether oxygens (including phenoxy) is 1. The largest absolute Gasteiger partial charge is 0.463 e. The number of nitrogens with two attached hydrogens (primary N) is 1. The number of esters is 1. The molecular weight excluding hydrogens is 274 g/mol. The molecular formula is C10H14BrN3O2. The standard InChI is InChI=1S/C10H14BrN3O2/c1-10(2,3)6-5(11)7(12)14-8(13-6)9(15)16-4/h1-4H3,(H2,12,13,14). The Kier molecular flexibility index (Phi) is 3.52. The van der Waals surface area contributed by atoms with E-state index in [9.17, 15) is 4.79 Å². The predicted octanol–water partition coefficient (Wildman–Crippen LogP) is 1.91. The van der Waals surface area contributed by atoms with E-state index >= 15 is 0 Å². The van der Waals surface area contributed by atoms with Gasteiger partial charge in [0.1, 0.15) is 5.82 Å². The topological polar surface area (TPSA) is 78.1 Å². The van der Waals surface area contributed by atoms with Gasteiger partial charge in [0.25, 0.3) is 0 Å². The summed E-state index contributed by atoms with van der Waals surface area (Å²) in [5, 5.41) is 0. The second-order valence-electron chi connectivity index (χ2n) is 4.34. The molecule has 0 aliphatic carbocycles. The van der Waals surface area contributed by atoms with Crippen molar-refractivity contribution in [1.82, 2.24) is 9.97 Å². The maximum Gasteiger partial charge on any atom is 0.376 e. The van der Waals surface area contributed by atoms with Crippen LogP contribution in [0.15, 0.2) is 4.47 Å². The van der Waals surface area contributed by atoms with Gasteiger partial charge < -0.3 is 10.5 Å². The fraction of sp³-hybridized carbons (Fsp3) is 0.500. The minimum Gasteiger partial charge on any atom is -0.463 e. The molecule has 0 aliphatic heterocycles. The first kappa shape index (κ1) is 12.9. The highest BCUT2D eigenvalue weighted by Crippen LogP contribution is 2.31. The lowest BCUT2D eigenvalue weighted by atomic mass is 9.92. The smallest absolute Gasteiger partial charge is 0.376 e. The van der Waals surface area contributed by atoms with Crippen LogP contribution in [-0.4, -0.2) is 23.0 Å². The van der Waals surface area contributed by atoms with Crippen molar-refractivity contribution < 1.29 is 9.53 Å². The molecule has 1 aromatic heterocycles. The Morgan fingerprint density at radius 1 is 1.38 bits per heavy atom. The zero-order chi connectivity index (χ0) is 12.5. The second-order valence-corrected chi connectivity index (χ2v) is 5.13. The predicted molar refractivity (Wildman–Crippen MR) is 64.2 cm³/mol. The average Bonchev–Trinajstić information content (AvgIpc) is 2.18. The molecule has 0 amide bonds. The van der Waals surface area contributed by atoms with Crippen LogP contribution in [0, 0.1) is 0 Å². The molecule has 0 saturated heterocycles. The van der Waals surface area contributed by atoms with Crippen LogP contribution in [0.1, 0.15) is 37.1 Å². The quantitative estimate of drug-likeness (QED) is 0.798. The van der Waals surface area contributed by atoms with E-state index in [-0.39, 0.29) is 17.1 Å². The number of carbonyl (C=O) groups is 1. The molecule has 16 heavy (non-hydrogen) atoms. The lowest BCUT2D eigenvalue weighted by Crippen LogP contribution is -2.20. The number of methoxy groups -OCH3 is 1. The minimum absolute atomic E-state index is 0.0203. The molecule has 0 bridgehead atoms. The molecule has 5 nitrogen and oxygen atoms in total. The Bertz CT molecular complexity index is 427. The van der Waals surface area contributed by atoms with Crippen LogP contribution in [0.25, 0.3) is 0 Å². The van der Waals surface area contributed by atoms with E-state index in [4.69, 9.17) is 5.73 Å². The lowest BCUT2D eigenvalue weighted by Gasteiger charge is -2.20. The summed E-state index contributed by atoms with van der Waals surface area (Å²) in [6.07, 6.45) is 0. The minimum atomic E-state index is -0.593. The van der Waals surface area contributed by atoms with E-state index in [1.165, 1.54) is 7.11 Å². The summed E-state index contributed by atoms with van der Waals surface area (Å²) in [6, 6.07) is 0. The number of hydrogen-bond donors (Lipinski definition) is 1. The van der Waals surface area contributed by atoms with Crippen LogP contribution in [0.2, 0.25) is 0 Å². The highest BCUT2D eigenvalue weighted by molar-refractivity contribution is 9.10.